The van der Waals surface area contributed by atoms with Crippen molar-refractivity contribution in [1.29, 1.82) is 0 Å². The van der Waals surface area contributed by atoms with Gasteiger partial charge in [-0.25, -0.2) is 0 Å². The normalized spacial score (nSPS) is 18.3. The van der Waals surface area contributed by atoms with E-state index in [9.17, 15) is 9.59 Å². The summed E-state index contributed by atoms with van der Waals surface area (Å²) in [5.74, 6) is -0.762. The summed E-state index contributed by atoms with van der Waals surface area (Å²) in [4.78, 5) is 23.5. The number of carbonyl (C=O) groups excluding carboxylic acids is 1. The lowest BCUT2D eigenvalue weighted by molar-refractivity contribution is -0.140. The maximum absolute atomic E-state index is 12.5. The first-order valence-corrected chi connectivity index (χ1v) is 8.34. The lowest BCUT2D eigenvalue weighted by Gasteiger charge is -2.20. The van der Waals surface area contributed by atoms with Crippen LogP contribution in [0.15, 0.2) is 48.5 Å². The molecule has 1 amide bonds. The summed E-state index contributed by atoms with van der Waals surface area (Å²) >= 11 is 0. The summed E-state index contributed by atoms with van der Waals surface area (Å²) in [5, 5.41) is 12.0. The van der Waals surface area contributed by atoms with E-state index in [0.717, 1.165) is 22.6 Å². The van der Waals surface area contributed by atoms with Crippen LogP contribution in [0.1, 0.15) is 23.6 Å². The van der Waals surface area contributed by atoms with Crippen molar-refractivity contribution in [2.45, 2.75) is 12.5 Å². The molecule has 136 valence electrons. The average molecular weight is 355 g/mol. The fourth-order valence-electron chi connectivity index (χ4n) is 2.96. The number of ether oxygens (including phenoxy) is 2. The SMILES string of the molecule is COc1ccc(C(NC(=O)[C@H]2C[C@H]2C(=O)O)c2ccc(OC)cc2)cc1. The van der Waals surface area contributed by atoms with Gasteiger partial charge in [0.2, 0.25) is 5.91 Å². The Labute approximate surface area is 151 Å². The second kappa shape index (κ2) is 7.47. The zero-order valence-corrected chi connectivity index (χ0v) is 14.6. The Morgan fingerprint density at radius 3 is 1.73 bits per heavy atom. The summed E-state index contributed by atoms with van der Waals surface area (Å²) < 4.78 is 10.4. The standard InChI is InChI=1S/C20H21NO5/c1-25-14-7-3-12(4-8-14)18(13-5-9-15(26-2)10-6-13)21-19(22)16-11-17(16)20(23)24/h3-10,16-18H,11H2,1-2H3,(H,21,22)(H,23,24)/t16-,17+/m0/s1. The fourth-order valence-corrected chi connectivity index (χ4v) is 2.96. The third-order valence-electron chi connectivity index (χ3n) is 4.63. The van der Waals surface area contributed by atoms with Gasteiger partial charge in [-0.3, -0.25) is 9.59 Å². The second-order valence-corrected chi connectivity index (χ2v) is 6.27. The fraction of sp³-hybridized carbons (Fsp3) is 0.300. The van der Waals surface area contributed by atoms with Gasteiger partial charge < -0.3 is 19.9 Å². The number of rotatable bonds is 7. The highest BCUT2D eigenvalue weighted by atomic mass is 16.5. The Balaban J connectivity index is 1.85. The molecule has 1 saturated carbocycles. The number of methoxy groups -OCH3 is 2. The quantitative estimate of drug-likeness (QED) is 0.797. The van der Waals surface area contributed by atoms with Crippen molar-refractivity contribution < 1.29 is 24.2 Å². The topological polar surface area (TPSA) is 84.9 Å². The van der Waals surface area contributed by atoms with E-state index in [-0.39, 0.29) is 11.9 Å². The highest BCUT2D eigenvalue weighted by molar-refractivity contribution is 5.89. The number of carbonyl (C=O) groups is 2. The van der Waals surface area contributed by atoms with Gasteiger partial charge in [-0.15, -0.1) is 0 Å². The molecule has 2 aromatic rings. The van der Waals surface area contributed by atoms with E-state index < -0.39 is 17.8 Å². The van der Waals surface area contributed by atoms with Crippen LogP contribution < -0.4 is 14.8 Å². The molecule has 0 aliphatic heterocycles. The van der Waals surface area contributed by atoms with E-state index >= 15 is 0 Å². The average Bonchev–Trinajstić information content (AvgIpc) is 3.47. The van der Waals surface area contributed by atoms with Crippen LogP contribution in [0.4, 0.5) is 0 Å². The van der Waals surface area contributed by atoms with Gasteiger partial charge in [0, 0.05) is 0 Å². The Hall–Kier alpha value is -3.02. The third-order valence-corrected chi connectivity index (χ3v) is 4.63. The van der Waals surface area contributed by atoms with Crippen molar-refractivity contribution in [2.75, 3.05) is 14.2 Å². The van der Waals surface area contributed by atoms with Crippen LogP contribution in [0.25, 0.3) is 0 Å². The molecular weight excluding hydrogens is 334 g/mol. The van der Waals surface area contributed by atoms with Crippen LogP contribution >= 0.6 is 0 Å². The summed E-state index contributed by atoms with van der Waals surface area (Å²) in [6.07, 6.45) is 0.388. The van der Waals surface area contributed by atoms with Gasteiger partial charge >= 0.3 is 5.97 Å². The van der Waals surface area contributed by atoms with Gasteiger partial charge in [-0.2, -0.15) is 0 Å². The summed E-state index contributed by atoms with van der Waals surface area (Å²) in [6.45, 7) is 0. The first-order valence-electron chi connectivity index (χ1n) is 8.34. The summed E-state index contributed by atoms with van der Waals surface area (Å²) in [5.41, 5.74) is 1.77. The highest BCUT2D eigenvalue weighted by Gasteiger charge is 2.48. The molecule has 0 spiro atoms. The molecule has 0 unspecified atom stereocenters. The van der Waals surface area contributed by atoms with E-state index in [4.69, 9.17) is 14.6 Å². The number of hydrogen-bond donors (Lipinski definition) is 2. The van der Waals surface area contributed by atoms with Crippen LogP contribution in [0.5, 0.6) is 11.5 Å². The molecule has 0 bridgehead atoms. The Bertz CT molecular complexity index is 737. The minimum absolute atomic E-state index is 0.242. The van der Waals surface area contributed by atoms with Crippen molar-refractivity contribution in [3.05, 3.63) is 59.7 Å². The van der Waals surface area contributed by atoms with Crippen molar-refractivity contribution >= 4 is 11.9 Å². The van der Waals surface area contributed by atoms with Crippen LogP contribution in [0.2, 0.25) is 0 Å². The van der Waals surface area contributed by atoms with Crippen LogP contribution in [-0.4, -0.2) is 31.2 Å². The minimum Gasteiger partial charge on any atom is -0.497 e. The van der Waals surface area contributed by atoms with Crippen molar-refractivity contribution in [1.82, 2.24) is 5.32 Å². The molecule has 2 aromatic carbocycles. The molecule has 0 radical (unpaired) electrons. The van der Waals surface area contributed by atoms with E-state index in [1.807, 2.05) is 48.5 Å². The molecule has 1 aliphatic carbocycles. The number of aliphatic carboxylic acids is 1. The molecule has 0 saturated heterocycles. The van der Waals surface area contributed by atoms with E-state index in [2.05, 4.69) is 5.32 Å². The molecule has 3 rings (SSSR count). The van der Waals surface area contributed by atoms with Gasteiger partial charge in [0.1, 0.15) is 11.5 Å². The predicted molar refractivity (Wildman–Crippen MR) is 95.2 cm³/mol. The van der Waals surface area contributed by atoms with Crippen molar-refractivity contribution in [3.63, 3.8) is 0 Å². The predicted octanol–water partition coefficient (Wildman–Crippen LogP) is 2.63. The number of nitrogens with one attached hydrogen (secondary N) is 1. The van der Waals surface area contributed by atoms with Gasteiger partial charge in [0.15, 0.2) is 0 Å². The summed E-state index contributed by atoms with van der Waals surface area (Å²) in [7, 11) is 3.19. The highest BCUT2D eigenvalue weighted by Crippen LogP contribution is 2.39. The van der Waals surface area contributed by atoms with E-state index in [1.54, 1.807) is 14.2 Å². The first kappa shape index (κ1) is 17.8. The lowest BCUT2D eigenvalue weighted by atomic mass is 9.98. The number of carboxylic acid groups (broad SMARTS) is 1. The molecule has 1 fully saturated rings. The third kappa shape index (κ3) is 3.79. The Morgan fingerprint density at radius 1 is 0.923 bits per heavy atom. The largest absolute Gasteiger partial charge is 0.497 e. The van der Waals surface area contributed by atoms with Crippen LogP contribution in [0.3, 0.4) is 0 Å². The van der Waals surface area contributed by atoms with E-state index in [1.165, 1.54) is 0 Å². The van der Waals surface area contributed by atoms with Crippen LogP contribution in [-0.2, 0) is 9.59 Å². The van der Waals surface area contributed by atoms with Gasteiger partial charge in [0.25, 0.3) is 0 Å². The molecule has 2 atom stereocenters. The second-order valence-electron chi connectivity index (χ2n) is 6.27. The lowest BCUT2D eigenvalue weighted by Crippen LogP contribution is -2.31. The molecule has 26 heavy (non-hydrogen) atoms. The van der Waals surface area contributed by atoms with Gasteiger partial charge in [-0.05, 0) is 41.8 Å². The molecule has 6 nitrogen and oxygen atoms in total. The number of amides is 1. The van der Waals surface area contributed by atoms with Crippen LogP contribution in [0, 0.1) is 11.8 Å². The maximum atomic E-state index is 12.5. The van der Waals surface area contributed by atoms with Crippen molar-refractivity contribution in [3.8, 4) is 11.5 Å². The number of benzene rings is 2. The molecule has 2 N–H and O–H groups in total. The van der Waals surface area contributed by atoms with E-state index in [0.29, 0.717) is 6.42 Å². The molecular formula is C20H21NO5. The Morgan fingerprint density at radius 2 is 1.38 bits per heavy atom. The van der Waals surface area contributed by atoms with Gasteiger partial charge in [0.05, 0.1) is 32.1 Å². The minimum atomic E-state index is -0.921. The van der Waals surface area contributed by atoms with Gasteiger partial charge in [-0.1, -0.05) is 24.3 Å². The smallest absolute Gasteiger partial charge is 0.307 e. The molecule has 0 aromatic heterocycles. The summed E-state index contributed by atoms with van der Waals surface area (Å²) in [6, 6.07) is 14.5. The number of hydrogen-bond acceptors (Lipinski definition) is 4. The molecule has 0 heterocycles. The maximum Gasteiger partial charge on any atom is 0.307 e. The molecule has 6 heteroatoms. The first-order chi connectivity index (χ1) is 12.5. The molecule has 1 aliphatic rings. The monoisotopic (exact) mass is 355 g/mol. The van der Waals surface area contributed by atoms with Crippen molar-refractivity contribution in [2.24, 2.45) is 11.8 Å². The number of carboxylic acids is 1. The Kier molecular flexibility index (Phi) is 5.11. The zero-order chi connectivity index (χ0) is 18.7. The zero-order valence-electron chi connectivity index (χ0n) is 14.6.